The first-order valence-corrected chi connectivity index (χ1v) is 6.27. The Morgan fingerprint density at radius 1 is 1.56 bits per heavy atom. The second kappa shape index (κ2) is 5.59. The number of aromatic amines is 1. The fourth-order valence-electron chi connectivity index (χ4n) is 1.37. The summed E-state index contributed by atoms with van der Waals surface area (Å²) < 4.78 is 17.0. The molecule has 3 rings (SSSR count). The van der Waals surface area contributed by atoms with Crippen molar-refractivity contribution in [1.29, 1.82) is 0 Å². The van der Waals surface area contributed by atoms with Gasteiger partial charge in [0.05, 0.1) is 17.6 Å². The minimum absolute atomic E-state index is 0.150. The van der Waals surface area contributed by atoms with Crippen LogP contribution in [0.5, 0.6) is 0 Å². The molecule has 0 spiro atoms. The van der Waals surface area contributed by atoms with Crippen LogP contribution in [0.15, 0.2) is 29.1 Å². The molecule has 0 amide bonds. The number of hydrogen-bond acceptors (Lipinski definition) is 4. The summed E-state index contributed by atoms with van der Waals surface area (Å²) in [6.45, 7) is 2.17. The van der Waals surface area contributed by atoms with Crippen molar-refractivity contribution in [2.75, 3.05) is 6.61 Å². The molecule has 4 nitrogen and oxygen atoms in total. The summed E-state index contributed by atoms with van der Waals surface area (Å²) in [5, 5.41) is 1.66. The van der Waals surface area contributed by atoms with Crippen molar-refractivity contribution in [2.45, 2.75) is 6.92 Å². The van der Waals surface area contributed by atoms with E-state index in [1.165, 1.54) is 17.4 Å². The molecule has 0 aliphatic heterocycles. The van der Waals surface area contributed by atoms with Gasteiger partial charge in [-0.1, -0.05) is 0 Å². The van der Waals surface area contributed by atoms with Gasteiger partial charge in [0.15, 0.2) is 5.69 Å². The molecule has 3 heterocycles. The monoisotopic (exact) mass is 266 g/mol. The van der Waals surface area contributed by atoms with Crippen molar-refractivity contribution in [1.82, 2.24) is 9.97 Å². The average Bonchev–Trinajstić information content (AvgIpc) is 3.07. The summed E-state index contributed by atoms with van der Waals surface area (Å²) in [6, 6.07) is 5.05. The van der Waals surface area contributed by atoms with E-state index in [1.54, 1.807) is 23.9 Å². The van der Waals surface area contributed by atoms with Gasteiger partial charge in [-0.2, -0.15) is 0 Å². The molecule has 2 bridgehead atoms. The molecule has 0 radical (unpaired) electrons. The number of halogens is 1. The predicted molar refractivity (Wildman–Crippen MR) is 67.5 cm³/mol. The number of rotatable bonds is 2. The van der Waals surface area contributed by atoms with Crippen LogP contribution in [0.4, 0.5) is 4.39 Å². The first-order chi connectivity index (χ1) is 8.70. The number of ether oxygens (including phenoxy) is 1. The summed E-state index contributed by atoms with van der Waals surface area (Å²) in [7, 11) is 0. The number of thiazole rings is 1. The molecule has 0 unspecified atom stereocenters. The van der Waals surface area contributed by atoms with Gasteiger partial charge in [0, 0.05) is 10.9 Å². The van der Waals surface area contributed by atoms with Gasteiger partial charge in [-0.25, -0.2) is 14.2 Å². The van der Waals surface area contributed by atoms with E-state index < -0.39 is 0 Å². The molecule has 0 aliphatic carbocycles. The summed E-state index contributed by atoms with van der Waals surface area (Å²) in [6.07, 6.45) is 0. The first-order valence-electron chi connectivity index (χ1n) is 5.32. The Balaban J connectivity index is 0.000000136. The number of nitrogens with zero attached hydrogens (tertiary/aromatic N) is 1. The molecule has 3 aromatic heterocycles. The normalized spacial score (nSPS) is 10.1. The van der Waals surface area contributed by atoms with Gasteiger partial charge in [-0.05, 0) is 25.1 Å². The maximum Gasteiger partial charge on any atom is 0.357 e. The number of hydrogen-bond donors (Lipinski definition) is 1. The van der Waals surface area contributed by atoms with E-state index in [4.69, 9.17) is 4.74 Å². The second-order valence-electron chi connectivity index (χ2n) is 3.41. The summed E-state index contributed by atoms with van der Waals surface area (Å²) in [4.78, 5) is 17.4. The van der Waals surface area contributed by atoms with Crippen molar-refractivity contribution in [3.63, 3.8) is 0 Å². The number of fused-ring (bicyclic) bond motifs is 2. The Kier molecular flexibility index (Phi) is 3.88. The van der Waals surface area contributed by atoms with Crippen molar-refractivity contribution >= 4 is 28.3 Å². The highest BCUT2D eigenvalue weighted by atomic mass is 32.1. The van der Waals surface area contributed by atoms with E-state index in [9.17, 15) is 9.18 Å². The number of carbonyl (C=O) groups is 1. The SMILES string of the molecule is CCOC(=O)c1cscn1.Fc1cc2ccc1[nH]2. The lowest BCUT2D eigenvalue weighted by molar-refractivity contribution is 0.0520. The number of aromatic nitrogens is 2. The Morgan fingerprint density at radius 3 is 2.78 bits per heavy atom. The van der Waals surface area contributed by atoms with Crippen molar-refractivity contribution in [3.05, 3.63) is 40.6 Å². The molecular formula is C12H11FN2O2S. The fraction of sp³-hybridized carbons (Fsp3) is 0.167. The van der Waals surface area contributed by atoms with E-state index in [0.717, 1.165) is 5.52 Å². The van der Waals surface area contributed by atoms with E-state index in [1.807, 2.05) is 6.07 Å². The number of esters is 1. The highest BCUT2D eigenvalue weighted by Crippen LogP contribution is 2.14. The van der Waals surface area contributed by atoms with Crippen LogP contribution in [0.1, 0.15) is 17.4 Å². The van der Waals surface area contributed by atoms with Gasteiger partial charge in [0.1, 0.15) is 5.82 Å². The third kappa shape index (κ3) is 2.84. The summed E-state index contributed by atoms with van der Waals surface area (Å²) in [5.41, 5.74) is 3.45. The average molecular weight is 266 g/mol. The minimum Gasteiger partial charge on any atom is -0.461 e. The zero-order chi connectivity index (χ0) is 13.0. The molecule has 3 aromatic rings. The van der Waals surface area contributed by atoms with Crippen LogP contribution in [-0.2, 0) is 4.74 Å². The molecule has 18 heavy (non-hydrogen) atoms. The standard InChI is InChI=1S/C6H4FN.C6H7NO2S/c7-5-3-4-1-2-6(5)8-4;1-2-9-6(8)5-3-10-4-7-5/h1-3,8H;3-4H,2H2,1H3. The molecule has 0 aliphatic rings. The maximum atomic E-state index is 12.3. The number of benzene rings is 1. The zero-order valence-electron chi connectivity index (χ0n) is 9.64. The summed E-state index contributed by atoms with van der Waals surface area (Å²) in [5.74, 6) is -0.494. The van der Waals surface area contributed by atoms with Gasteiger partial charge in [0.2, 0.25) is 0 Å². The Bertz CT molecular complexity index is 606. The molecule has 6 heteroatoms. The molecule has 94 valence electrons. The van der Waals surface area contributed by atoms with Gasteiger partial charge in [-0.3, -0.25) is 0 Å². The summed E-state index contributed by atoms with van der Waals surface area (Å²) >= 11 is 1.38. The number of nitrogens with one attached hydrogen (secondary N) is 1. The number of carbonyl (C=O) groups excluding carboxylic acids is 1. The van der Waals surface area contributed by atoms with E-state index >= 15 is 0 Å². The van der Waals surface area contributed by atoms with E-state index in [2.05, 4.69) is 9.97 Å². The van der Waals surface area contributed by atoms with Crippen LogP contribution < -0.4 is 0 Å². The predicted octanol–water partition coefficient (Wildman–Crippen LogP) is 3.06. The molecule has 0 atom stereocenters. The molecular weight excluding hydrogens is 255 g/mol. The third-order valence-corrected chi connectivity index (χ3v) is 2.75. The molecule has 0 fully saturated rings. The van der Waals surface area contributed by atoms with Crippen LogP contribution >= 0.6 is 11.3 Å². The van der Waals surface area contributed by atoms with Crippen molar-refractivity contribution < 1.29 is 13.9 Å². The van der Waals surface area contributed by atoms with Gasteiger partial charge in [0.25, 0.3) is 0 Å². The van der Waals surface area contributed by atoms with Gasteiger partial charge in [-0.15, -0.1) is 11.3 Å². The van der Waals surface area contributed by atoms with Crippen LogP contribution in [0.3, 0.4) is 0 Å². The van der Waals surface area contributed by atoms with E-state index in [-0.39, 0.29) is 11.8 Å². The van der Waals surface area contributed by atoms with Crippen LogP contribution in [0, 0.1) is 5.82 Å². The van der Waals surface area contributed by atoms with Gasteiger partial charge < -0.3 is 9.72 Å². The molecule has 1 N–H and O–H groups in total. The highest BCUT2D eigenvalue weighted by Gasteiger charge is 2.06. The van der Waals surface area contributed by atoms with E-state index in [0.29, 0.717) is 17.8 Å². The maximum absolute atomic E-state index is 12.3. The Hall–Kier alpha value is -1.95. The molecule has 0 saturated heterocycles. The second-order valence-corrected chi connectivity index (χ2v) is 4.13. The van der Waals surface area contributed by atoms with Crippen LogP contribution in [0.25, 0.3) is 11.0 Å². The molecule has 0 saturated carbocycles. The lowest BCUT2D eigenvalue weighted by atomic mass is 10.4. The zero-order valence-corrected chi connectivity index (χ0v) is 10.5. The quantitative estimate of drug-likeness (QED) is 0.725. The lowest BCUT2D eigenvalue weighted by Crippen LogP contribution is -2.04. The molecule has 0 aromatic carbocycles. The van der Waals surface area contributed by atoms with Crippen LogP contribution in [-0.4, -0.2) is 22.5 Å². The topological polar surface area (TPSA) is 55.0 Å². The third-order valence-electron chi connectivity index (χ3n) is 2.16. The largest absolute Gasteiger partial charge is 0.461 e. The number of H-pyrrole nitrogens is 1. The lowest BCUT2D eigenvalue weighted by Gasteiger charge is -1.94. The van der Waals surface area contributed by atoms with Crippen molar-refractivity contribution in [2.24, 2.45) is 0 Å². The smallest absolute Gasteiger partial charge is 0.357 e. The van der Waals surface area contributed by atoms with Crippen LogP contribution in [0.2, 0.25) is 0 Å². The highest BCUT2D eigenvalue weighted by molar-refractivity contribution is 7.07. The van der Waals surface area contributed by atoms with Gasteiger partial charge >= 0.3 is 5.97 Å². The Morgan fingerprint density at radius 2 is 2.39 bits per heavy atom. The van der Waals surface area contributed by atoms with Crippen molar-refractivity contribution in [3.8, 4) is 0 Å². The first kappa shape index (κ1) is 12.5. The minimum atomic E-state index is -0.344. The Labute approximate surface area is 107 Å². The fourth-order valence-corrected chi connectivity index (χ4v) is 1.89.